The lowest BCUT2D eigenvalue weighted by Crippen LogP contribution is -2.68. The van der Waals surface area contributed by atoms with E-state index in [4.69, 9.17) is 4.74 Å². The van der Waals surface area contributed by atoms with E-state index in [0.717, 1.165) is 12.0 Å². The number of carbonyl (C=O) groups excluding carboxylic acids is 1. The summed E-state index contributed by atoms with van der Waals surface area (Å²) in [4.78, 5) is 17.7. The second kappa shape index (κ2) is 6.80. The molecule has 2 saturated heterocycles. The fraction of sp³-hybridized carbons (Fsp3) is 0.647. The minimum Gasteiger partial charge on any atom is -0.376 e. The summed E-state index contributed by atoms with van der Waals surface area (Å²) in [5.74, 6) is 0.217. The van der Waals surface area contributed by atoms with E-state index in [0.29, 0.717) is 39.1 Å². The Hall–Kier alpha value is -1.47. The summed E-state index contributed by atoms with van der Waals surface area (Å²) in [7, 11) is -3.16. The topological polar surface area (TPSA) is 76.6 Å². The third-order valence-electron chi connectivity index (χ3n) is 5.14. The molecule has 2 aliphatic heterocycles. The number of nitrogens with zero attached hydrogens (tertiary/aromatic N) is 2. The Morgan fingerprint density at radius 3 is 2.92 bits per heavy atom. The third kappa shape index (κ3) is 3.07. The Bertz CT molecular complexity index is 684. The van der Waals surface area contributed by atoms with Crippen molar-refractivity contribution in [3.8, 4) is 0 Å². The van der Waals surface area contributed by atoms with Gasteiger partial charge < -0.3 is 9.64 Å². The van der Waals surface area contributed by atoms with Crippen molar-refractivity contribution in [2.75, 3.05) is 25.4 Å². The van der Waals surface area contributed by atoms with Crippen molar-refractivity contribution in [3.05, 3.63) is 30.1 Å². The van der Waals surface area contributed by atoms with Gasteiger partial charge in [0.05, 0.1) is 19.0 Å². The number of amides is 1. The largest absolute Gasteiger partial charge is 0.376 e. The van der Waals surface area contributed by atoms with Crippen LogP contribution in [0.3, 0.4) is 0 Å². The molecule has 24 heavy (non-hydrogen) atoms. The average Bonchev–Trinajstić information content (AvgIpc) is 2.78. The molecule has 0 unspecified atom stereocenters. The molecule has 0 aromatic carbocycles. The summed E-state index contributed by atoms with van der Waals surface area (Å²) >= 11 is 0. The summed E-state index contributed by atoms with van der Waals surface area (Å²) in [6.45, 7) is 3.45. The Morgan fingerprint density at radius 2 is 2.25 bits per heavy atom. The van der Waals surface area contributed by atoms with Crippen LogP contribution in [-0.4, -0.2) is 54.4 Å². The number of ether oxygens (including phenoxy) is 1. The number of hydrogen-bond donors (Lipinski definition) is 0. The van der Waals surface area contributed by atoms with Crippen molar-refractivity contribution in [2.45, 2.75) is 37.5 Å². The van der Waals surface area contributed by atoms with Crippen molar-refractivity contribution in [1.29, 1.82) is 0 Å². The number of rotatable bonds is 6. The van der Waals surface area contributed by atoms with Crippen molar-refractivity contribution in [3.63, 3.8) is 0 Å². The molecule has 2 aliphatic rings. The maximum Gasteiger partial charge on any atom is 0.222 e. The van der Waals surface area contributed by atoms with Crippen LogP contribution in [0.25, 0.3) is 0 Å². The zero-order valence-electron chi connectivity index (χ0n) is 14.0. The second-order valence-electron chi connectivity index (χ2n) is 6.75. The fourth-order valence-corrected chi connectivity index (χ4v) is 6.06. The van der Waals surface area contributed by atoms with Gasteiger partial charge in [0.25, 0.3) is 0 Å². The molecule has 132 valence electrons. The van der Waals surface area contributed by atoms with Gasteiger partial charge >= 0.3 is 0 Å². The predicted octanol–water partition coefficient (Wildman–Crippen LogP) is 1.41. The Morgan fingerprint density at radius 1 is 1.46 bits per heavy atom. The van der Waals surface area contributed by atoms with E-state index in [1.807, 2.05) is 19.1 Å². The van der Waals surface area contributed by atoms with Crippen LogP contribution in [-0.2, 0) is 26.0 Å². The van der Waals surface area contributed by atoms with Gasteiger partial charge in [-0.3, -0.25) is 9.78 Å². The molecular weight excluding hydrogens is 328 g/mol. The normalized spacial score (nSPS) is 24.0. The van der Waals surface area contributed by atoms with E-state index in [-0.39, 0.29) is 17.6 Å². The average molecular weight is 352 g/mol. The molecule has 3 heterocycles. The van der Waals surface area contributed by atoms with E-state index in [2.05, 4.69) is 4.98 Å². The van der Waals surface area contributed by atoms with E-state index in [9.17, 15) is 13.2 Å². The van der Waals surface area contributed by atoms with Gasteiger partial charge in [-0.1, -0.05) is 13.0 Å². The maximum absolute atomic E-state index is 12.5. The predicted molar refractivity (Wildman–Crippen MR) is 90.0 cm³/mol. The zero-order chi connectivity index (χ0) is 17.2. The molecule has 1 spiro atoms. The molecule has 6 nitrogen and oxygen atoms in total. The lowest BCUT2D eigenvalue weighted by molar-refractivity contribution is -0.138. The first kappa shape index (κ1) is 17.4. The minimum atomic E-state index is -3.16. The molecule has 1 atom stereocenters. The van der Waals surface area contributed by atoms with E-state index in [1.54, 1.807) is 17.3 Å². The number of carbonyl (C=O) groups is 1. The molecule has 1 amide bonds. The molecule has 0 radical (unpaired) electrons. The number of hydrogen-bond acceptors (Lipinski definition) is 5. The molecule has 3 rings (SSSR count). The first-order valence-electron chi connectivity index (χ1n) is 8.45. The first-order chi connectivity index (χ1) is 11.5. The van der Waals surface area contributed by atoms with Gasteiger partial charge in [-0.2, -0.15) is 0 Å². The van der Waals surface area contributed by atoms with Gasteiger partial charge in [0.1, 0.15) is 4.75 Å². The van der Waals surface area contributed by atoms with Gasteiger partial charge in [0.2, 0.25) is 5.91 Å². The van der Waals surface area contributed by atoms with Crippen molar-refractivity contribution >= 4 is 15.7 Å². The molecule has 1 aromatic rings. The van der Waals surface area contributed by atoms with Crippen LogP contribution < -0.4 is 0 Å². The van der Waals surface area contributed by atoms with Crippen molar-refractivity contribution in [2.24, 2.45) is 5.92 Å². The Balaban J connectivity index is 1.60. The number of pyridine rings is 1. The van der Waals surface area contributed by atoms with Crippen LogP contribution in [0, 0.1) is 5.92 Å². The highest BCUT2D eigenvalue weighted by Crippen LogP contribution is 2.45. The first-order valence-corrected chi connectivity index (χ1v) is 10.1. The minimum absolute atomic E-state index is 0.0372. The highest BCUT2D eigenvalue weighted by molar-refractivity contribution is 7.93. The van der Waals surface area contributed by atoms with Crippen LogP contribution in [0.5, 0.6) is 0 Å². The Labute approximate surface area is 143 Å². The molecule has 1 aromatic heterocycles. The summed E-state index contributed by atoms with van der Waals surface area (Å²) in [6.07, 6.45) is 5.34. The Kier molecular flexibility index (Phi) is 4.92. The second-order valence-corrected chi connectivity index (χ2v) is 9.20. The van der Waals surface area contributed by atoms with Crippen LogP contribution in [0.1, 0.15) is 31.7 Å². The lowest BCUT2D eigenvalue weighted by atomic mass is 9.83. The highest BCUT2D eigenvalue weighted by atomic mass is 32.2. The van der Waals surface area contributed by atoms with Gasteiger partial charge in [0, 0.05) is 37.8 Å². The number of sulfone groups is 1. The van der Waals surface area contributed by atoms with Crippen LogP contribution in [0.15, 0.2) is 24.5 Å². The molecule has 2 fully saturated rings. The molecule has 0 saturated carbocycles. The molecule has 0 N–H and O–H groups in total. The summed E-state index contributed by atoms with van der Waals surface area (Å²) in [5.41, 5.74) is 0.973. The fourth-order valence-electron chi connectivity index (χ4n) is 3.66. The lowest BCUT2D eigenvalue weighted by Gasteiger charge is -2.50. The smallest absolute Gasteiger partial charge is 0.222 e. The van der Waals surface area contributed by atoms with Gasteiger partial charge in [-0.25, -0.2) is 8.42 Å². The summed E-state index contributed by atoms with van der Waals surface area (Å²) in [5, 5.41) is 0. The van der Waals surface area contributed by atoms with E-state index < -0.39 is 14.6 Å². The van der Waals surface area contributed by atoms with Crippen molar-refractivity contribution in [1.82, 2.24) is 9.88 Å². The summed E-state index contributed by atoms with van der Waals surface area (Å²) in [6, 6.07) is 3.78. The number of likely N-dealkylation sites (tertiary alicyclic amines) is 1. The third-order valence-corrected chi connectivity index (χ3v) is 7.75. The summed E-state index contributed by atoms with van der Waals surface area (Å²) < 4.78 is 30.0. The van der Waals surface area contributed by atoms with E-state index >= 15 is 0 Å². The zero-order valence-corrected chi connectivity index (χ0v) is 14.8. The maximum atomic E-state index is 12.5. The van der Waals surface area contributed by atoms with Crippen LogP contribution >= 0.6 is 0 Å². The molecule has 0 aliphatic carbocycles. The molecule has 0 bridgehead atoms. The standard InChI is InChI=1S/C17H24N2O4S/c1-2-4-16(20)19-12-17(13-19)15(6-8-24(17,21)22)11-23-10-14-5-3-7-18-9-14/h3,5,7,9,15H,2,4,6,8,10-13H2,1H3/t15-/m1/s1. The van der Waals surface area contributed by atoms with E-state index in [1.165, 1.54) is 0 Å². The van der Waals surface area contributed by atoms with Gasteiger partial charge in [0.15, 0.2) is 9.84 Å². The quantitative estimate of drug-likeness (QED) is 0.774. The van der Waals surface area contributed by atoms with Crippen LogP contribution in [0.4, 0.5) is 0 Å². The molecule has 7 heteroatoms. The SMILES string of the molecule is CCCC(=O)N1CC2(C1)[C@@H](COCc1cccnc1)CCS2(=O)=O. The van der Waals surface area contributed by atoms with Crippen LogP contribution in [0.2, 0.25) is 0 Å². The van der Waals surface area contributed by atoms with Gasteiger partial charge in [-0.05, 0) is 24.5 Å². The molecular formula is C17H24N2O4S. The highest BCUT2D eigenvalue weighted by Gasteiger charge is 2.62. The van der Waals surface area contributed by atoms with Crippen molar-refractivity contribution < 1.29 is 17.9 Å². The monoisotopic (exact) mass is 352 g/mol. The van der Waals surface area contributed by atoms with Gasteiger partial charge in [-0.15, -0.1) is 0 Å². The number of aromatic nitrogens is 1.